The molecular formula is C35H32N2O2. The maximum atomic E-state index is 13.9. The minimum atomic E-state index is -0.355. The molecule has 1 heterocycles. The summed E-state index contributed by atoms with van der Waals surface area (Å²) in [4.78, 5) is 15.9. The highest BCUT2D eigenvalue weighted by Crippen LogP contribution is 2.40. The van der Waals surface area contributed by atoms with E-state index in [2.05, 4.69) is 78.1 Å². The molecule has 1 amide bonds. The zero-order valence-corrected chi connectivity index (χ0v) is 21.9. The number of ether oxygens (including phenoxy) is 1. The van der Waals surface area contributed by atoms with Crippen molar-refractivity contribution in [1.82, 2.24) is 4.90 Å². The molecule has 5 aromatic rings. The number of amides is 1. The Balaban J connectivity index is 1.35. The Morgan fingerprint density at radius 3 is 2.15 bits per heavy atom. The van der Waals surface area contributed by atoms with Gasteiger partial charge in [0, 0.05) is 17.8 Å². The van der Waals surface area contributed by atoms with Crippen molar-refractivity contribution in [2.45, 2.75) is 25.4 Å². The van der Waals surface area contributed by atoms with Gasteiger partial charge < -0.3 is 15.0 Å². The average molecular weight is 513 g/mol. The van der Waals surface area contributed by atoms with Gasteiger partial charge in [-0.1, -0.05) is 103 Å². The van der Waals surface area contributed by atoms with Crippen LogP contribution in [0.1, 0.15) is 39.6 Å². The molecular weight excluding hydrogens is 480 g/mol. The van der Waals surface area contributed by atoms with E-state index >= 15 is 0 Å². The standard InChI is InChI=1S/C35H32N2O2/c38-35-30-19-9-10-20-31(30)36-34(37(35)24-23-27-14-5-2-6-15-27)33-29-18-8-7-17-28(29)21-22-32(33)39-25-11-16-26-12-3-1-4-13-26/h1-10,12-15,17-22,34,36H,11,16,23-25H2. The molecule has 0 bridgehead atoms. The first-order valence-corrected chi connectivity index (χ1v) is 13.7. The van der Waals surface area contributed by atoms with Crippen molar-refractivity contribution >= 4 is 22.4 Å². The molecule has 0 spiro atoms. The predicted octanol–water partition coefficient (Wildman–Crippen LogP) is 7.66. The lowest BCUT2D eigenvalue weighted by atomic mass is 9.97. The van der Waals surface area contributed by atoms with Crippen molar-refractivity contribution < 1.29 is 9.53 Å². The van der Waals surface area contributed by atoms with Gasteiger partial charge in [0.1, 0.15) is 11.9 Å². The lowest BCUT2D eigenvalue weighted by Gasteiger charge is -2.39. The van der Waals surface area contributed by atoms with Crippen LogP contribution in [-0.2, 0) is 12.8 Å². The van der Waals surface area contributed by atoms with Crippen LogP contribution >= 0.6 is 0 Å². The third kappa shape index (κ3) is 5.37. The van der Waals surface area contributed by atoms with Gasteiger partial charge in [0.2, 0.25) is 0 Å². The number of fused-ring (bicyclic) bond motifs is 2. The molecule has 39 heavy (non-hydrogen) atoms. The van der Waals surface area contributed by atoms with E-state index in [1.807, 2.05) is 53.4 Å². The van der Waals surface area contributed by atoms with Crippen molar-refractivity contribution in [3.8, 4) is 5.75 Å². The number of rotatable bonds is 9. The van der Waals surface area contributed by atoms with Crippen molar-refractivity contribution in [3.63, 3.8) is 0 Å². The maximum absolute atomic E-state index is 13.9. The fourth-order valence-corrected chi connectivity index (χ4v) is 5.43. The molecule has 0 saturated carbocycles. The molecule has 0 aromatic heterocycles. The largest absolute Gasteiger partial charge is 0.493 e. The van der Waals surface area contributed by atoms with Gasteiger partial charge in [-0.05, 0) is 59.4 Å². The van der Waals surface area contributed by atoms with Crippen molar-refractivity contribution in [2.24, 2.45) is 0 Å². The Morgan fingerprint density at radius 1 is 0.692 bits per heavy atom. The van der Waals surface area contributed by atoms with E-state index in [1.165, 1.54) is 11.1 Å². The van der Waals surface area contributed by atoms with Gasteiger partial charge >= 0.3 is 0 Å². The number of nitrogens with one attached hydrogen (secondary N) is 1. The number of benzene rings is 5. The normalized spacial score (nSPS) is 14.6. The Kier molecular flexibility index (Phi) is 7.26. The zero-order chi connectivity index (χ0) is 26.4. The van der Waals surface area contributed by atoms with E-state index in [9.17, 15) is 4.79 Å². The number of nitrogens with zero attached hydrogens (tertiary/aromatic N) is 1. The fraction of sp³-hybridized carbons (Fsp3) is 0.171. The highest BCUT2D eigenvalue weighted by molar-refractivity contribution is 6.02. The van der Waals surface area contributed by atoms with E-state index < -0.39 is 0 Å². The van der Waals surface area contributed by atoms with Gasteiger partial charge in [-0.25, -0.2) is 0 Å². The third-order valence-corrected chi connectivity index (χ3v) is 7.42. The summed E-state index contributed by atoms with van der Waals surface area (Å²) in [7, 11) is 0. The molecule has 1 aliphatic rings. The molecule has 4 heteroatoms. The summed E-state index contributed by atoms with van der Waals surface area (Å²) in [5.74, 6) is 0.851. The summed E-state index contributed by atoms with van der Waals surface area (Å²) in [5.41, 5.74) is 5.07. The summed E-state index contributed by atoms with van der Waals surface area (Å²) in [6, 6.07) is 41.1. The zero-order valence-electron chi connectivity index (χ0n) is 21.9. The summed E-state index contributed by atoms with van der Waals surface area (Å²) in [6.07, 6.45) is 2.28. The van der Waals surface area contributed by atoms with E-state index in [0.717, 1.165) is 47.0 Å². The predicted molar refractivity (Wildman–Crippen MR) is 158 cm³/mol. The molecule has 0 radical (unpaired) electrons. The summed E-state index contributed by atoms with van der Waals surface area (Å²) in [6.45, 7) is 1.19. The van der Waals surface area contributed by atoms with E-state index in [0.29, 0.717) is 18.7 Å². The second kappa shape index (κ2) is 11.4. The first-order chi connectivity index (χ1) is 19.3. The van der Waals surface area contributed by atoms with Crippen LogP contribution in [0.2, 0.25) is 0 Å². The Labute approximate surface area is 229 Å². The molecule has 5 aromatic carbocycles. The first-order valence-electron chi connectivity index (χ1n) is 13.7. The number of aryl methyl sites for hydroxylation is 1. The smallest absolute Gasteiger partial charge is 0.257 e. The Hall–Kier alpha value is -4.57. The van der Waals surface area contributed by atoms with E-state index in [1.54, 1.807) is 0 Å². The number of hydrogen-bond donors (Lipinski definition) is 1. The molecule has 1 unspecified atom stereocenters. The SMILES string of the molecule is O=C1c2ccccc2NC(c2c(OCCCc3ccccc3)ccc3ccccc23)N1CCc1ccccc1. The van der Waals surface area contributed by atoms with Gasteiger partial charge in [-0.3, -0.25) is 4.79 Å². The second-order valence-corrected chi connectivity index (χ2v) is 9.96. The Morgan fingerprint density at radius 2 is 1.36 bits per heavy atom. The Bertz CT molecular complexity index is 1570. The van der Waals surface area contributed by atoms with Crippen LogP contribution < -0.4 is 10.1 Å². The molecule has 0 fully saturated rings. The van der Waals surface area contributed by atoms with Gasteiger partial charge in [0.15, 0.2) is 0 Å². The van der Waals surface area contributed by atoms with Crippen LogP contribution in [0, 0.1) is 0 Å². The maximum Gasteiger partial charge on any atom is 0.257 e. The molecule has 1 aliphatic heterocycles. The number of carbonyl (C=O) groups excluding carboxylic acids is 1. The van der Waals surface area contributed by atoms with Crippen LogP contribution in [0.4, 0.5) is 5.69 Å². The second-order valence-electron chi connectivity index (χ2n) is 9.96. The summed E-state index contributed by atoms with van der Waals surface area (Å²) < 4.78 is 6.48. The highest BCUT2D eigenvalue weighted by Gasteiger charge is 2.35. The van der Waals surface area contributed by atoms with Gasteiger partial charge in [0.05, 0.1) is 12.2 Å². The molecule has 0 aliphatic carbocycles. The summed E-state index contributed by atoms with van der Waals surface area (Å²) in [5, 5.41) is 5.92. The number of carbonyl (C=O) groups is 1. The van der Waals surface area contributed by atoms with E-state index in [4.69, 9.17) is 4.74 Å². The number of para-hydroxylation sites is 1. The van der Waals surface area contributed by atoms with Crippen molar-refractivity contribution in [1.29, 1.82) is 0 Å². The molecule has 4 nitrogen and oxygen atoms in total. The van der Waals surface area contributed by atoms with Crippen LogP contribution in [0.5, 0.6) is 5.75 Å². The van der Waals surface area contributed by atoms with Gasteiger partial charge in [-0.15, -0.1) is 0 Å². The van der Waals surface area contributed by atoms with E-state index in [-0.39, 0.29) is 12.1 Å². The van der Waals surface area contributed by atoms with Crippen LogP contribution in [0.25, 0.3) is 10.8 Å². The molecule has 1 atom stereocenters. The van der Waals surface area contributed by atoms with Gasteiger partial charge in [0.25, 0.3) is 5.91 Å². The highest BCUT2D eigenvalue weighted by atomic mass is 16.5. The fourth-order valence-electron chi connectivity index (χ4n) is 5.43. The quantitative estimate of drug-likeness (QED) is 0.206. The lowest BCUT2D eigenvalue weighted by Crippen LogP contribution is -2.44. The van der Waals surface area contributed by atoms with Crippen LogP contribution in [0.3, 0.4) is 0 Å². The van der Waals surface area contributed by atoms with Gasteiger partial charge in [-0.2, -0.15) is 0 Å². The lowest BCUT2D eigenvalue weighted by molar-refractivity contribution is 0.0684. The first kappa shape index (κ1) is 24.7. The molecule has 0 saturated heterocycles. The topological polar surface area (TPSA) is 41.6 Å². The number of hydrogen-bond acceptors (Lipinski definition) is 3. The van der Waals surface area contributed by atoms with Crippen molar-refractivity contribution in [3.05, 3.63) is 144 Å². The molecule has 194 valence electrons. The minimum Gasteiger partial charge on any atom is -0.493 e. The van der Waals surface area contributed by atoms with Crippen molar-refractivity contribution in [2.75, 3.05) is 18.5 Å². The third-order valence-electron chi connectivity index (χ3n) is 7.42. The summed E-state index contributed by atoms with van der Waals surface area (Å²) >= 11 is 0. The average Bonchev–Trinajstić information content (AvgIpc) is 2.99. The number of anilines is 1. The molecule has 6 rings (SSSR count). The van der Waals surface area contributed by atoms with Crippen LogP contribution in [-0.4, -0.2) is 24.0 Å². The minimum absolute atomic E-state index is 0.0354. The molecule has 1 N–H and O–H groups in total. The monoisotopic (exact) mass is 512 g/mol. The van der Waals surface area contributed by atoms with Crippen LogP contribution in [0.15, 0.2) is 121 Å².